The fourth-order valence-electron chi connectivity index (χ4n) is 1.25. The molecule has 0 radical (unpaired) electrons. The summed E-state index contributed by atoms with van der Waals surface area (Å²) in [4.78, 5) is 13.7. The van der Waals surface area contributed by atoms with E-state index in [1.54, 1.807) is 6.08 Å². The van der Waals surface area contributed by atoms with Crippen LogP contribution in [0.3, 0.4) is 0 Å². The van der Waals surface area contributed by atoms with Crippen LogP contribution in [0.5, 0.6) is 5.75 Å². The third kappa shape index (κ3) is 3.56. The summed E-state index contributed by atoms with van der Waals surface area (Å²) >= 11 is 0. The average Bonchev–Trinajstić information content (AvgIpc) is 2.18. The summed E-state index contributed by atoms with van der Waals surface area (Å²) < 4.78 is 5.50. The molecule has 1 rings (SSSR count). The Morgan fingerprint density at radius 1 is 1.20 bits per heavy atom. The minimum Gasteiger partial charge on any atom is -0.491 e. The zero-order valence-corrected chi connectivity index (χ0v) is 9.23. The highest BCUT2D eigenvalue weighted by Gasteiger charge is 2.03. The van der Waals surface area contributed by atoms with Crippen molar-refractivity contribution in [1.29, 1.82) is 0 Å². The second kappa shape index (κ2) is 5.32. The lowest BCUT2D eigenvalue weighted by Gasteiger charge is -2.10. The van der Waals surface area contributed by atoms with E-state index in [1.807, 2.05) is 45.0 Å². The van der Waals surface area contributed by atoms with Gasteiger partial charge in [-0.15, -0.1) is 0 Å². The van der Waals surface area contributed by atoms with Crippen molar-refractivity contribution in [3.8, 4) is 5.75 Å². The van der Waals surface area contributed by atoms with Gasteiger partial charge in [-0.05, 0) is 38.5 Å². The van der Waals surface area contributed by atoms with Gasteiger partial charge in [-0.25, -0.2) is 4.79 Å². The van der Waals surface area contributed by atoms with Gasteiger partial charge in [0.1, 0.15) is 5.75 Å². The fraction of sp³-hybridized carbons (Fsp3) is 0.417. The summed E-state index contributed by atoms with van der Waals surface area (Å²) in [7, 11) is 0. The molecule has 0 spiro atoms. The Hall–Kier alpha value is -1.60. The molecule has 1 unspecified atom stereocenters. The molecule has 0 saturated heterocycles. The van der Waals surface area contributed by atoms with Crippen LogP contribution in [-0.2, 0) is 4.79 Å². The summed E-state index contributed by atoms with van der Waals surface area (Å²) in [5, 5.41) is 0. The van der Waals surface area contributed by atoms with E-state index in [-0.39, 0.29) is 12.1 Å². The number of rotatable bonds is 4. The van der Waals surface area contributed by atoms with E-state index in [1.165, 1.54) is 0 Å². The van der Waals surface area contributed by atoms with E-state index in [4.69, 9.17) is 4.74 Å². The maximum absolute atomic E-state index is 10.1. The molecule has 0 fully saturated rings. The van der Waals surface area contributed by atoms with Crippen LogP contribution in [0, 0.1) is 0 Å². The normalized spacial score (nSPS) is 12.0. The molecule has 0 bridgehead atoms. The van der Waals surface area contributed by atoms with Gasteiger partial charge >= 0.3 is 0 Å². The van der Waals surface area contributed by atoms with Crippen molar-refractivity contribution in [3.05, 3.63) is 29.8 Å². The molecule has 15 heavy (non-hydrogen) atoms. The van der Waals surface area contributed by atoms with E-state index in [0.29, 0.717) is 0 Å². The molecule has 0 aliphatic rings. The lowest BCUT2D eigenvalue weighted by molar-refractivity contribution is 0.242. The number of benzene rings is 1. The van der Waals surface area contributed by atoms with Gasteiger partial charge in [0, 0.05) is 0 Å². The quantitative estimate of drug-likeness (QED) is 0.560. The third-order valence-corrected chi connectivity index (χ3v) is 1.98. The van der Waals surface area contributed by atoms with Crippen LogP contribution in [0.1, 0.15) is 32.4 Å². The van der Waals surface area contributed by atoms with Crippen molar-refractivity contribution in [3.63, 3.8) is 0 Å². The molecule has 3 nitrogen and oxygen atoms in total. The monoisotopic (exact) mass is 205 g/mol. The second-order valence-electron chi connectivity index (χ2n) is 3.63. The fourth-order valence-corrected chi connectivity index (χ4v) is 1.25. The lowest BCUT2D eigenvalue weighted by atomic mass is 10.1. The standard InChI is InChI=1S/C12H15NO2/c1-9(2)15-12-6-4-11(5-7-12)10(3)13-8-14/h4-7,9-10H,1-3H3. The summed E-state index contributed by atoms with van der Waals surface area (Å²) in [6.45, 7) is 5.81. The Morgan fingerprint density at radius 2 is 1.80 bits per heavy atom. The van der Waals surface area contributed by atoms with Crippen LogP contribution in [0.2, 0.25) is 0 Å². The molecule has 0 N–H and O–H groups in total. The number of carbonyl (C=O) groups excluding carboxylic acids is 1. The van der Waals surface area contributed by atoms with Crippen LogP contribution in [0.15, 0.2) is 29.3 Å². The van der Waals surface area contributed by atoms with Crippen LogP contribution in [0.25, 0.3) is 0 Å². The topological polar surface area (TPSA) is 38.7 Å². The number of isocyanates is 1. The van der Waals surface area contributed by atoms with Gasteiger partial charge in [-0.1, -0.05) is 12.1 Å². The molecule has 80 valence electrons. The molecule has 1 aromatic carbocycles. The highest BCUT2D eigenvalue weighted by Crippen LogP contribution is 2.20. The van der Waals surface area contributed by atoms with Gasteiger partial charge in [-0.3, -0.25) is 0 Å². The Kier molecular flexibility index (Phi) is 4.07. The lowest BCUT2D eigenvalue weighted by Crippen LogP contribution is -2.05. The van der Waals surface area contributed by atoms with Gasteiger partial charge in [-0.2, -0.15) is 4.99 Å². The second-order valence-corrected chi connectivity index (χ2v) is 3.63. The predicted octanol–water partition coefficient (Wildman–Crippen LogP) is 2.87. The first kappa shape index (κ1) is 11.5. The van der Waals surface area contributed by atoms with Gasteiger partial charge in [0.15, 0.2) is 0 Å². The third-order valence-electron chi connectivity index (χ3n) is 1.98. The van der Waals surface area contributed by atoms with Crippen molar-refractivity contribution in [2.45, 2.75) is 32.9 Å². The van der Waals surface area contributed by atoms with Gasteiger partial charge in [0.05, 0.1) is 12.1 Å². The average molecular weight is 205 g/mol. The van der Waals surface area contributed by atoms with Gasteiger partial charge in [0.25, 0.3) is 0 Å². The van der Waals surface area contributed by atoms with Crippen LogP contribution in [0.4, 0.5) is 0 Å². The Bertz CT molecular complexity index is 350. The van der Waals surface area contributed by atoms with Gasteiger partial charge < -0.3 is 4.74 Å². The van der Waals surface area contributed by atoms with Crippen molar-refractivity contribution in [2.75, 3.05) is 0 Å². The number of hydrogen-bond acceptors (Lipinski definition) is 3. The zero-order chi connectivity index (χ0) is 11.3. The number of nitrogens with zero attached hydrogens (tertiary/aromatic N) is 1. The minimum atomic E-state index is -0.143. The molecule has 0 aliphatic carbocycles. The first-order chi connectivity index (χ1) is 7.13. The molecule has 0 saturated carbocycles. The van der Waals surface area contributed by atoms with E-state index < -0.39 is 0 Å². The highest BCUT2D eigenvalue weighted by atomic mass is 16.5. The Balaban J connectivity index is 2.75. The van der Waals surface area contributed by atoms with Crippen LogP contribution in [-0.4, -0.2) is 12.2 Å². The molecular formula is C12H15NO2. The van der Waals surface area contributed by atoms with Crippen molar-refractivity contribution in [1.82, 2.24) is 0 Å². The maximum Gasteiger partial charge on any atom is 0.235 e. The van der Waals surface area contributed by atoms with E-state index >= 15 is 0 Å². The van der Waals surface area contributed by atoms with Gasteiger partial charge in [0.2, 0.25) is 6.08 Å². The van der Waals surface area contributed by atoms with E-state index in [9.17, 15) is 4.79 Å². The maximum atomic E-state index is 10.1. The summed E-state index contributed by atoms with van der Waals surface area (Å²) in [5.41, 5.74) is 0.981. The molecule has 1 atom stereocenters. The molecule has 1 aromatic rings. The number of aliphatic imine (C=N–C) groups is 1. The van der Waals surface area contributed by atoms with Crippen LogP contribution >= 0.6 is 0 Å². The highest BCUT2D eigenvalue weighted by molar-refractivity contribution is 5.36. The molecule has 0 aromatic heterocycles. The number of ether oxygens (including phenoxy) is 1. The zero-order valence-electron chi connectivity index (χ0n) is 9.23. The van der Waals surface area contributed by atoms with Crippen molar-refractivity contribution in [2.24, 2.45) is 4.99 Å². The summed E-state index contributed by atoms with van der Waals surface area (Å²) in [5.74, 6) is 0.830. The largest absolute Gasteiger partial charge is 0.491 e. The van der Waals surface area contributed by atoms with Crippen molar-refractivity contribution >= 4 is 6.08 Å². The van der Waals surface area contributed by atoms with Crippen molar-refractivity contribution < 1.29 is 9.53 Å². The van der Waals surface area contributed by atoms with E-state index in [0.717, 1.165) is 11.3 Å². The summed E-state index contributed by atoms with van der Waals surface area (Å²) in [6.07, 6.45) is 1.72. The van der Waals surface area contributed by atoms with E-state index in [2.05, 4.69) is 4.99 Å². The molecule has 3 heteroatoms. The summed E-state index contributed by atoms with van der Waals surface area (Å²) in [6, 6.07) is 7.43. The smallest absolute Gasteiger partial charge is 0.235 e. The first-order valence-electron chi connectivity index (χ1n) is 4.97. The Labute approximate surface area is 89.8 Å². The van der Waals surface area contributed by atoms with Crippen LogP contribution < -0.4 is 4.74 Å². The number of hydrogen-bond donors (Lipinski definition) is 0. The SMILES string of the molecule is CC(C)Oc1ccc(C(C)N=C=O)cc1. The molecule has 0 heterocycles. The Morgan fingerprint density at radius 3 is 2.27 bits per heavy atom. The minimum absolute atomic E-state index is 0.143. The predicted molar refractivity (Wildman–Crippen MR) is 58.7 cm³/mol. The molecule has 0 amide bonds. The molecule has 0 aliphatic heterocycles. The molecular weight excluding hydrogens is 190 g/mol. The first-order valence-corrected chi connectivity index (χ1v) is 4.97.